The number of hydrogen-bond acceptors (Lipinski definition) is 5. The monoisotopic (exact) mass is 495 g/mol. The maximum atomic E-state index is 13.0. The number of ether oxygens (including phenoxy) is 1. The molecule has 2 rings (SSSR count). The summed E-state index contributed by atoms with van der Waals surface area (Å²) in [5.41, 5.74) is 1.27. The lowest BCUT2D eigenvalue weighted by Crippen LogP contribution is -2.38. The van der Waals surface area contributed by atoms with Crippen LogP contribution in [0.5, 0.6) is 5.75 Å². The van der Waals surface area contributed by atoms with E-state index in [4.69, 9.17) is 16.3 Å². The number of sulfonamides is 1. The molecule has 1 N–H and O–H groups in total. The molecule has 0 saturated heterocycles. The summed E-state index contributed by atoms with van der Waals surface area (Å²) in [6.07, 6.45) is 0. The van der Waals surface area contributed by atoms with Crippen LogP contribution in [-0.4, -0.2) is 63.4 Å². The van der Waals surface area contributed by atoms with E-state index in [1.165, 1.54) is 22.5 Å². The van der Waals surface area contributed by atoms with E-state index in [-0.39, 0.29) is 27.4 Å². The van der Waals surface area contributed by atoms with Gasteiger partial charge in [0.15, 0.2) is 0 Å². The van der Waals surface area contributed by atoms with Crippen LogP contribution in [-0.2, 0) is 10.0 Å². The van der Waals surface area contributed by atoms with E-state index in [2.05, 4.69) is 24.1 Å². The summed E-state index contributed by atoms with van der Waals surface area (Å²) in [7, 11) is -2.17. The van der Waals surface area contributed by atoms with Crippen molar-refractivity contribution >= 4 is 27.5 Å². The minimum atomic E-state index is -3.79. The summed E-state index contributed by atoms with van der Waals surface area (Å²) >= 11 is 6.20. The molecule has 0 fully saturated rings. The predicted molar refractivity (Wildman–Crippen MR) is 133 cm³/mol. The van der Waals surface area contributed by atoms with Crippen LogP contribution in [0, 0.1) is 0 Å². The molecule has 33 heavy (non-hydrogen) atoms. The topological polar surface area (TPSA) is 79.0 Å². The van der Waals surface area contributed by atoms with Gasteiger partial charge in [-0.25, -0.2) is 8.42 Å². The third-order valence-corrected chi connectivity index (χ3v) is 8.24. The van der Waals surface area contributed by atoms with Gasteiger partial charge in [0, 0.05) is 25.2 Å². The highest BCUT2D eigenvalue weighted by molar-refractivity contribution is 7.89. The van der Waals surface area contributed by atoms with Crippen LogP contribution in [0.4, 0.5) is 0 Å². The van der Waals surface area contributed by atoms with Crippen molar-refractivity contribution in [3.05, 3.63) is 58.6 Å². The fourth-order valence-corrected chi connectivity index (χ4v) is 5.77. The Morgan fingerprint density at radius 1 is 1.03 bits per heavy atom. The second-order valence-corrected chi connectivity index (χ2v) is 9.77. The van der Waals surface area contributed by atoms with Gasteiger partial charge in [-0.2, -0.15) is 4.31 Å². The van der Waals surface area contributed by atoms with Crippen molar-refractivity contribution in [2.75, 3.05) is 39.8 Å². The third kappa shape index (κ3) is 6.47. The summed E-state index contributed by atoms with van der Waals surface area (Å²) in [4.78, 5) is 15.2. The van der Waals surface area contributed by atoms with Crippen LogP contribution in [0.25, 0.3) is 0 Å². The van der Waals surface area contributed by atoms with E-state index in [1.54, 1.807) is 21.0 Å². The molecule has 0 aliphatic carbocycles. The number of benzene rings is 2. The van der Waals surface area contributed by atoms with Crippen LogP contribution >= 0.6 is 11.6 Å². The van der Waals surface area contributed by atoms with Gasteiger partial charge in [0.05, 0.1) is 18.2 Å². The van der Waals surface area contributed by atoms with Crippen molar-refractivity contribution in [1.29, 1.82) is 0 Å². The highest BCUT2D eigenvalue weighted by Crippen LogP contribution is 2.27. The highest BCUT2D eigenvalue weighted by atomic mass is 35.5. The van der Waals surface area contributed by atoms with E-state index in [0.29, 0.717) is 19.6 Å². The van der Waals surface area contributed by atoms with Crippen molar-refractivity contribution in [1.82, 2.24) is 14.5 Å². The van der Waals surface area contributed by atoms with E-state index in [0.717, 1.165) is 24.4 Å². The number of likely N-dealkylation sites (N-methyl/N-ethyl adjacent to an activating group) is 1. The normalized spacial score (nSPS) is 12.7. The molecule has 2 aromatic rings. The Balaban J connectivity index is 2.30. The fourth-order valence-electron chi connectivity index (χ4n) is 3.81. The molecule has 7 nitrogen and oxygen atoms in total. The average Bonchev–Trinajstić information content (AvgIpc) is 2.82. The Bertz CT molecular complexity index is 1040. The summed E-state index contributed by atoms with van der Waals surface area (Å²) in [6, 6.07) is 12.1. The minimum Gasteiger partial charge on any atom is -0.497 e. The van der Waals surface area contributed by atoms with Gasteiger partial charge < -0.3 is 10.1 Å². The average molecular weight is 496 g/mol. The van der Waals surface area contributed by atoms with Crippen molar-refractivity contribution in [2.45, 2.75) is 38.6 Å². The number of carbonyl (C=O) groups is 1. The molecule has 0 spiro atoms. The summed E-state index contributed by atoms with van der Waals surface area (Å²) in [6.45, 7) is 10.3. The molecule has 0 saturated carbocycles. The zero-order valence-electron chi connectivity index (χ0n) is 20.0. The molecule has 1 amide bonds. The SMILES string of the molecule is CCN(CC)[C@@H](CNC(=O)c1ccc(Cl)c(S(=O)(=O)N(CC)CC)c1)c1cccc(OC)c1. The predicted octanol–water partition coefficient (Wildman–Crippen LogP) is 4.19. The number of methoxy groups -OCH3 is 1. The lowest BCUT2D eigenvalue weighted by molar-refractivity contribution is 0.0934. The van der Waals surface area contributed by atoms with Crippen molar-refractivity contribution < 1.29 is 17.9 Å². The number of halogens is 1. The van der Waals surface area contributed by atoms with Crippen molar-refractivity contribution in [3.63, 3.8) is 0 Å². The Morgan fingerprint density at radius 2 is 1.70 bits per heavy atom. The van der Waals surface area contributed by atoms with Crippen LogP contribution < -0.4 is 10.1 Å². The number of nitrogens with one attached hydrogen (secondary N) is 1. The maximum Gasteiger partial charge on any atom is 0.251 e. The number of carbonyl (C=O) groups excluding carboxylic acids is 1. The molecule has 0 heterocycles. The number of amides is 1. The molecule has 0 unspecified atom stereocenters. The molecular weight excluding hydrogens is 462 g/mol. The quantitative estimate of drug-likeness (QED) is 0.477. The molecule has 182 valence electrons. The molecule has 0 radical (unpaired) electrons. The van der Waals surface area contributed by atoms with Gasteiger partial charge in [-0.15, -0.1) is 0 Å². The second-order valence-electron chi connectivity index (χ2n) is 7.46. The Hall–Kier alpha value is -2.13. The van der Waals surface area contributed by atoms with Gasteiger partial charge in [0.25, 0.3) is 5.91 Å². The smallest absolute Gasteiger partial charge is 0.251 e. The number of nitrogens with zero attached hydrogens (tertiary/aromatic N) is 2. The molecular formula is C24H34ClN3O4S. The van der Waals surface area contributed by atoms with E-state index < -0.39 is 10.0 Å². The zero-order chi connectivity index (χ0) is 24.6. The van der Waals surface area contributed by atoms with Crippen LogP contribution in [0.15, 0.2) is 47.4 Å². The molecule has 9 heteroatoms. The van der Waals surface area contributed by atoms with E-state index >= 15 is 0 Å². The molecule has 2 aromatic carbocycles. The summed E-state index contributed by atoms with van der Waals surface area (Å²) in [5, 5.41) is 3.06. The van der Waals surface area contributed by atoms with Gasteiger partial charge >= 0.3 is 0 Å². The first-order valence-electron chi connectivity index (χ1n) is 11.2. The van der Waals surface area contributed by atoms with Crippen molar-refractivity contribution in [2.24, 2.45) is 0 Å². The van der Waals surface area contributed by atoms with Gasteiger partial charge in [0.2, 0.25) is 10.0 Å². The van der Waals surface area contributed by atoms with Gasteiger partial charge in [-0.3, -0.25) is 9.69 Å². The minimum absolute atomic E-state index is 0.0615. The lowest BCUT2D eigenvalue weighted by atomic mass is 10.0. The standard InChI is InChI=1S/C24H34ClN3O4S/c1-6-27(7-2)22(18-11-10-12-20(15-18)32-5)17-26-24(29)19-13-14-21(25)23(16-19)33(30,31)28(8-3)9-4/h10-16,22H,6-9,17H2,1-5H3,(H,26,29)/t22-/m0/s1. The first-order chi connectivity index (χ1) is 15.7. The van der Waals surface area contributed by atoms with Gasteiger partial charge in [-0.1, -0.05) is 51.4 Å². The van der Waals surface area contributed by atoms with Gasteiger partial charge in [-0.05, 0) is 49.0 Å². The molecule has 0 aromatic heterocycles. The number of hydrogen-bond donors (Lipinski definition) is 1. The zero-order valence-corrected chi connectivity index (χ0v) is 21.5. The van der Waals surface area contributed by atoms with Crippen LogP contribution in [0.3, 0.4) is 0 Å². The van der Waals surface area contributed by atoms with E-state index in [1.807, 2.05) is 24.3 Å². The number of rotatable bonds is 12. The molecule has 0 bridgehead atoms. The first-order valence-corrected chi connectivity index (χ1v) is 13.0. The first kappa shape index (κ1) is 27.1. The highest BCUT2D eigenvalue weighted by Gasteiger charge is 2.26. The van der Waals surface area contributed by atoms with Crippen molar-refractivity contribution in [3.8, 4) is 5.75 Å². The maximum absolute atomic E-state index is 13.0. The van der Waals surface area contributed by atoms with Crippen LogP contribution in [0.1, 0.15) is 49.7 Å². The molecule has 1 atom stereocenters. The Kier molecular flexibility index (Phi) is 10.2. The largest absolute Gasteiger partial charge is 0.497 e. The summed E-state index contributed by atoms with van der Waals surface area (Å²) in [5.74, 6) is 0.391. The third-order valence-electron chi connectivity index (χ3n) is 5.70. The van der Waals surface area contributed by atoms with Crippen LogP contribution in [0.2, 0.25) is 5.02 Å². The molecule has 0 aliphatic rings. The second kappa shape index (κ2) is 12.4. The fraction of sp³-hybridized carbons (Fsp3) is 0.458. The van der Waals surface area contributed by atoms with E-state index in [9.17, 15) is 13.2 Å². The lowest BCUT2D eigenvalue weighted by Gasteiger charge is -2.30. The Morgan fingerprint density at radius 3 is 2.27 bits per heavy atom. The summed E-state index contributed by atoms with van der Waals surface area (Å²) < 4.78 is 32.6. The molecule has 0 aliphatic heterocycles. The Labute approximate surface area is 202 Å². The van der Waals surface area contributed by atoms with Gasteiger partial charge in [0.1, 0.15) is 10.6 Å².